The molecule has 1 N–H and O–H groups in total. The van der Waals surface area contributed by atoms with Gasteiger partial charge in [0.15, 0.2) is 11.5 Å². The molecule has 178 valence electrons. The van der Waals surface area contributed by atoms with Crippen LogP contribution in [0.2, 0.25) is 0 Å². The summed E-state index contributed by atoms with van der Waals surface area (Å²) in [6, 6.07) is 15.7. The maximum atomic E-state index is 13.4. The number of hydrogen-bond donors (Lipinski definition) is 1. The number of nitrogens with zero attached hydrogens (tertiary/aromatic N) is 1. The minimum Gasteiger partial charge on any atom is -0.494 e. The second kappa shape index (κ2) is 10.0. The summed E-state index contributed by atoms with van der Waals surface area (Å²) in [7, 11) is -4.18. The fourth-order valence-corrected chi connectivity index (χ4v) is 4.80. The van der Waals surface area contributed by atoms with Crippen LogP contribution in [0.3, 0.4) is 0 Å². The monoisotopic (exact) mass is 486 g/mol. The number of benzene rings is 3. The van der Waals surface area contributed by atoms with E-state index in [0.717, 1.165) is 28.6 Å². The highest BCUT2D eigenvalue weighted by Crippen LogP contribution is 2.33. The Hall–Kier alpha value is -3.79. The van der Waals surface area contributed by atoms with Crippen molar-refractivity contribution in [1.29, 1.82) is 0 Å². The molecule has 0 bridgehead atoms. The van der Waals surface area contributed by atoms with E-state index in [4.69, 9.17) is 14.2 Å². The highest BCUT2D eigenvalue weighted by molar-refractivity contribution is 7.92. The average molecular weight is 487 g/mol. The van der Waals surface area contributed by atoms with Crippen LogP contribution in [0.25, 0.3) is 0 Å². The third kappa shape index (κ3) is 5.23. The van der Waals surface area contributed by atoms with Crippen LogP contribution in [-0.2, 0) is 14.8 Å². The first-order valence-electron chi connectivity index (χ1n) is 10.6. The molecule has 3 aromatic rings. The molecule has 0 fully saturated rings. The van der Waals surface area contributed by atoms with Crippen molar-refractivity contribution >= 4 is 27.3 Å². The molecule has 0 aromatic heterocycles. The number of ether oxygens (including phenoxy) is 3. The summed E-state index contributed by atoms with van der Waals surface area (Å²) in [6.45, 7) is 2.61. The summed E-state index contributed by atoms with van der Waals surface area (Å²) in [5.41, 5.74) is 0.685. The van der Waals surface area contributed by atoms with E-state index >= 15 is 0 Å². The number of carbonyl (C=O) groups excluding carboxylic acids is 1. The van der Waals surface area contributed by atoms with Crippen molar-refractivity contribution in [2.24, 2.45) is 0 Å². The molecule has 0 aliphatic carbocycles. The van der Waals surface area contributed by atoms with Gasteiger partial charge in [0.1, 0.15) is 31.3 Å². The molecule has 0 atom stereocenters. The Bertz CT molecular complexity index is 1260. The molecule has 10 heteroatoms. The minimum atomic E-state index is -4.18. The van der Waals surface area contributed by atoms with Gasteiger partial charge in [0, 0.05) is 11.8 Å². The van der Waals surface area contributed by atoms with Gasteiger partial charge in [-0.05, 0) is 67.6 Å². The molecule has 0 spiro atoms. The van der Waals surface area contributed by atoms with Gasteiger partial charge in [-0.1, -0.05) is 0 Å². The van der Waals surface area contributed by atoms with Gasteiger partial charge in [0.05, 0.1) is 17.2 Å². The molecule has 0 saturated carbocycles. The lowest BCUT2D eigenvalue weighted by atomic mass is 10.2. The number of carbonyl (C=O) groups is 1. The number of nitrogens with one attached hydrogen (secondary N) is 1. The molecule has 4 rings (SSSR count). The van der Waals surface area contributed by atoms with Crippen molar-refractivity contribution in [2.75, 3.05) is 36.0 Å². The standard InChI is InChI=1S/C24H23FN2O6S/c1-2-31-20-8-6-19(7-9-20)27(34(29,30)21-10-3-17(25)4-11-21)16-24(28)26-18-5-12-22-23(15-18)33-14-13-32-22/h3-12,15H,2,13-14,16H2,1H3,(H,26,28). The van der Waals surface area contributed by atoms with E-state index < -0.39 is 28.3 Å². The Kier molecular flexibility index (Phi) is 6.87. The highest BCUT2D eigenvalue weighted by Gasteiger charge is 2.27. The molecular weight excluding hydrogens is 463 g/mol. The maximum Gasteiger partial charge on any atom is 0.264 e. The summed E-state index contributed by atoms with van der Waals surface area (Å²) in [6.07, 6.45) is 0. The van der Waals surface area contributed by atoms with E-state index in [-0.39, 0.29) is 10.6 Å². The summed E-state index contributed by atoms with van der Waals surface area (Å²) in [5, 5.41) is 2.69. The van der Waals surface area contributed by atoms with Crippen molar-refractivity contribution in [3.8, 4) is 17.2 Å². The van der Waals surface area contributed by atoms with Gasteiger partial charge < -0.3 is 19.5 Å². The topological polar surface area (TPSA) is 94.2 Å². The van der Waals surface area contributed by atoms with Gasteiger partial charge >= 0.3 is 0 Å². The van der Waals surface area contributed by atoms with Crippen molar-refractivity contribution in [2.45, 2.75) is 11.8 Å². The van der Waals surface area contributed by atoms with Crippen LogP contribution in [-0.4, -0.2) is 40.7 Å². The van der Waals surface area contributed by atoms with Crippen LogP contribution in [0.4, 0.5) is 15.8 Å². The molecule has 1 aliphatic rings. The zero-order valence-corrected chi connectivity index (χ0v) is 19.2. The molecule has 1 amide bonds. The average Bonchev–Trinajstić information content (AvgIpc) is 2.83. The fraction of sp³-hybridized carbons (Fsp3) is 0.208. The normalized spacial score (nSPS) is 12.6. The van der Waals surface area contributed by atoms with Crippen LogP contribution < -0.4 is 23.8 Å². The number of sulfonamides is 1. The molecule has 1 aliphatic heterocycles. The van der Waals surface area contributed by atoms with Crippen molar-refractivity contribution in [1.82, 2.24) is 0 Å². The van der Waals surface area contributed by atoms with E-state index in [1.807, 2.05) is 6.92 Å². The second-order valence-corrected chi connectivity index (χ2v) is 9.16. The van der Waals surface area contributed by atoms with Crippen LogP contribution >= 0.6 is 0 Å². The first-order chi connectivity index (χ1) is 16.4. The smallest absolute Gasteiger partial charge is 0.264 e. The SMILES string of the molecule is CCOc1ccc(N(CC(=O)Nc2ccc3c(c2)OCCO3)S(=O)(=O)c2ccc(F)cc2)cc1. The lowest BCUT2D eigenvalue weighted by Crippen LogP contribution is -2.38. The number of halogens is 1. The molecular formula is C24H23FN2O6S. The first kappa shape index (κ1) is 23.4. The molecule has 0 radical (unpaired) electrons. The molecule has 1 heterocycles. The van der Waals surface area contributed by atoms with Crippen molar-refractivity contribution in [3.05, 3.63) is 72.5 Å². The molecule has 34 heavy (non-hydrogen) atoms. The van der Waals surface area contributed by atoms with E-state index in [9.17, 15) is 17.6 Å². The predicted octanol–water partition coefficient (Wildman–Crippen LogP) is 3.83. The zero-order chi connectivity index (χ0) is 24.1. The fourth-order valence-electron chi connectivity index (χ4n) is 3.38. The lowest BCUT2D eigenvalue weighted by Gasteiger charge is -2.24. The molecule has 3 aromatic carbocycles. The largest absolute Gasteiger partial charge is 0.494 e. The van der Waals surface area contributed by atoms with Crippen molar-refractivity contribution in [3.63, 3.8) is 0 Å². The molecule has 8 nitrogen and oxygen atoms in total. The van der Waals surface area contributed by atoms with E-state index in [1.54, 1.807) is 42.5 Å². The Morgan fingerprint density at radius 2 is 1.68 bits per heavy atom. The lowest BCUT2D eigenvalue weighted by molar-refractivity contribution is -0.114. The van der Waals surface area contributed by atoms with E-state index in [1.165, 1.54) is 0 Å². The van der Waals surface area contributed by atoms with Gasteiger partial charge in [-0.25, -0.2) is 12.8 Å². The van der Waals surface area contributed by atoms with Gasteiger partial charge in [0.25, 0.3) is 10.0 Å². The second-order valence-electron chi connectivity index (χ2n) is 7.30. The van der Waals surface area contributed by atoms with Gasteiger partial charge in [-0.2, -0.15) is 0 Å². The quantitative estimate of drug-likeness (QED) is 0.520. The van der Waals surface area contributed by atoms with E-state index in [2.05, 4.69) is 5.32 Å². The number of anilines is 2. The van der Waals surface area contributed by atoms with Crippen molar-refractivity contribution < 1.29 is 31.8 Å². The summed E-state index contributed by atoms with van der Waals surface area (Å²) in [5.74, 6) is 0.482. The third-order valence-corrected chi connectivity index (χ3v) is 6.74. The summed E-state index contributed by atoms with van der Waals surface area (Å²) < 4.78 is 57.5. The summed E-state index contributed by atoms with van der Waals surface area (Å²) in [4.78, 5) is 12.7. The van der Waals surface area contributed by atoms with Crippen LogP contribution in [0.1, 0.15) is 6.92 Å². The van der Waals surface area contributed by atoms with Crippen LogP contribution in [0, 0.1) is 5.82 Å². The summed E-state index contributed by atoms with van der Waals surface area (Å²) >= 11 is 0. The third-order valence-electron chi connectivity index (χ3n) is 4.95. The molecule has 0 unspecified atom stereocenters. The molecule has 0 saturated heterocycles. The highest BCUT2D eigenvalue weighted by atomic mass is 32.2. The Balaban J connectivity index is 1.61. The van der Waals surface area contributed by atoms with Gasteiger partial charge in [0.2, 0.25) is 5.91 Å². The first-order valence-corrected chi connectivity index (χ1v) is 12.0. The number of rotatable bonds is 8. The Morgan fingerprint density at radius 1 is 1.00 bits per heavy atom. The van der Waals surface area contributed by atoms with E-state index in [0.29, 0.717) is 42.8 Å². The van der Waals surface area contributed by atoms with Crippen LogP contribution in [0.5, 0.6) is 17.2 Å². The number of fused-ring (bicyclic) bond motifs is 1. The van der Waals surface area contributed by atoms with Crippen LogP contribution in [0.15, 0.2) is 71.6 Å². The maximum absolute atomic E-state index is 13.4. The number of hydrogen-bond acceptors (Lipinski definition) is 6. The number of amides is 1. The van der Waals surface area contributed by atoms with Gasteiger partial charge in [-0.15, -0.1) is 0 Å². The Morgan fingerprint density at radius 3 is 2.35 bits per heavy atom. The zero-order valence-electron chi connectivity index (χ0n) is 18.4. The van der Waals surface area contributed by atoms with Gasteiger partial charge in [-0.3, -0.25) is 9.10 Å². The minimum absolute atomic E-state index is 0.144. The Labute approximate surface area is 196 Å². The predicted molar refractivity (Wildman–Crippen MR) is 125 cm³/mol.